The van der Waals surface area contributed by atoms with Gasteiger partial charge in [0.15, 0.2) is 9.84 Å². The summed E-state index contributed by atoms with van der Waals surface area (Å²) in [5.74, 6) is -1.76. The first-order valence-electron chi connectivity index (χ1n) is 5.62. The van der Waals surface area contributed by atoms with E-state index < -0.39 is 26.4 Å². The van der Waals surface area contributed by atoms with Gasteiger partial charge in [-0.2, -0.15) is 0 Å². The van der Waals surface area contributed by atoms with Crippen LogP contribution in [0, 0.1) is 17.0 Å². The summed E-state index contributed by atoms with van der Waals surface area (Å²) >= 11 is 3.31. The van der Waals surface area contributed by atoms with E-state index in [-0.39, 0.29) is 11.2 Å². The monoisotopic (exact) mass is 338 g/mol. The fraction of sp³-hybridized carbons (Fsp3) is 0.500. The van der Waals surface area contributed by atoms with Crippen molar-refractivity contribution in [1.82, 2.24) is 0 Å². The Morgan fingerprint density at radius 2 is 1.94 bits per heavy atom. The van der Waals surface area contributed by atoms with E-state index in [1.807, 2.05) is 0 Å². The lowest BCUT2D eigenvalue weighted by molar-refractivity contribution is 0.203. The van der Waals surface area contributed by atoms with Gasteiger partial charge in [-0.05, 0) is 36.5 Å². The first-order valence-corrected chi connectivity index (χ1v) is 8.40. The Kier molecular flexibility index (Phi) is 3.78. The predicted octanol–water partition coefficient (Wildman–Crippen LogP) is 3.30. The molecule has 0 radical (unpaired) electrons. The Hall–Kier alpha value is -0.490. The molecule has 1 saturated carbocycles. The van der Waals surface area contributed by atoms with Crippen LogP contribution in [0.1, 0.15) is 19.3 Å². The first kappa shape index (κ1) is 13.9. The van der Waals surface area contributed by atoms with Crippen LogP contribution in [0.15, 0.2) is 23.1 Å². The van der Waals surface area contributed by atoms with Gasteiger partial charge in [-0.15, -0.1) is 0 Å². The molecule has 1 aliphatic carbocycles. The summed E-state index contributed by atoms with van der Waals surface area (Å²) in [5.41, 5.74) is -0.322. The second-order valence-corrected chi connectivity index (χ2v) is 7.34. The third kappa shape index (κ3) is 2.59. The zero-order chi connectivity index (χ0) is 13.4. The number of hydrogen-bond donors (Lipinski definition) is 0. The Bertz CT molecular complexity index is 548. The molecule has 2 rings (SSSR count). The van der Waals surface area contributed by atoms with Crippen LogP contribution in [0.2, 0.25) is 0 Å². The molecule has 0 atom stereocenters. The molecule has 2 nitrogen and oxygen atoms in total. The largest absolute Gasteiger partial charge is 0.224 e. The van der Waals surface area contributed by atoms with Crippen LogP contribution in [0.3, 0.4) is 0 Å². The minimum Gasteiger partial charge on any atom is -0.224 e. The van der Waals surface area contributed by atoms with Gasteiger partial charge in [-0.3, -0.25) is 0 Å². The van der Waals surface area contributed by atoms with Crippen LogP contribution >= 0.6 is 15.9 Å². The van der Waals surface area contributed by atoms with Crippen molar-refractivity contribution in [2.24, 2.45) is 5.41 Å². The van der Waals surface area contributed by atoms with Crippen molar-refractivity contribution < 1.29 is 17.2 Å². The maximum Gasteiger partial charge on any atom is 0.181 e. The molecule has 100 valence electrons. The summed E-state index contributed by atoms with van der Waals surface area (Å²) in [6.45, 7) is 0. The van der Waals surface area contributed by atoms with Gasteiger partial charge in [-0.25, -0.2) is 17.2 Å². The third-order valence-electron chi connectivity index (χ3n) is 3.42. The summed E-state index contributed by atoms with van der Waals surface area (Å²) < 4.78 is 50.8. The number of alkyl halides is 1. The van der Waals surface area contributed by atoms with Crippen LogP contribution in [0.4, 0.5) is 8.78 Å². The molecule has 1 fully saturated rings. The van der Waals surface area contributed by atoms with Crippen molar-refractivity contribution >= 4 is 25.8 Å². The van der Waals surface area contributed by atoms with Gasteiger partial charge in [0.25, 0.3) is 0 Å². The Morgan fingerprint density at radius 1 is 1.28 bits per heavy atom. The molecule has 0 spiro atoms. The first-order chi connectivity index (χ1) is 8.38. The molecular formula is C12H13BrF2O2S. The summed E-state index contributed by atoms with van der Waals surface area (Å²) in [7, 11) is -3.79. The summed E-state index contributed by atoms with van der Waals surface area (Å²) in [6, 6.07) is 2.52. The number of benzene rings is 1. The molecule has 1 aromatic rings. The number of rotatable bonds is 4. The van der Waals surface area contributed by atoms with Crippen molar-refractivity contribution in [1.29, 1.82) is 0 Å². The van der Waals surface area contributed by atoms with Crippen LogP contribution in [-0.4, -0.2) is 19.5 Å². The standard InChI is InChI=1S/C12H13BrF2O2S/c13-7-12(4-1-5-12)8-18(16,17)11-6-9(14)2-3-10(11)15/h2-3,6H,1,4-5,7-8H2. The molecule has 0 amide bonds. The van der Waals surface area contributed by atoms with Gasteiger partial charge >= 0.3 is 0 Å². The zero-order valence-electron chi connectivity index (χ0n) is 9.63. The maximum atomic E-state index is 13.5. The Morgan fingerprint density at radius 3 is 2.44 bits per heavy atom. The van der Waals surface area contributed by atoms with Crippen LogP contribution in [0.5, 0.6) is 0 Å². The molecule has 1 aliphatic rings. The van der Waals surface area contributed by atoms with Gasteiger partial charge in [-0.1, -0.05) is 22.4 Å². The average molecular weight is 339 g/mol. The van der Waals surface area contributed by atoms with Gasteiger partial charge in [0.2, 0.25) is 0 Å². The lowest BCUT2D eigenvalue weighted by atomic mass is 9.72. The van der Waals surface area contributed by atoms with Crippen molar-refractivity contribution in [2.45, 2.75) is 24.2 Å². The van der Waals surface area contributed by atoms with Crippen molar-refractivity contribution in [3.8, 4) is 0 Å². The molecule has 0 aromatic heterocycles. The molecule has 0 bridgehead atoms. The molecule has 0 unspecified atom stereocenters. The van der Waals surface area contributed by atoms with Gasteiger partial charge in [0.1, 0.15) is 16.5 Å². The third-order valence-corrected chi connectivity index (χ3v) is 6.59. The summed E-state index contributed by atoms with van der Waals surface area (Å²) in [6.07, 6.45) is 2.58. The number of halogens is 3. The van der Waals surface area contributed by atoms with Gasteiger partial charge < -0.3 is 0 Å². The fourth-order valence-electron chi connectivity index (χ4n) is 2.19. The van der Waals surface area contributed by atoms with Crippen molar-refractivity contribution in [3.05, 3.63) is 29.8 Å². The SMILES string of the molecule is O=S(=O)(CC1(CBr)CCC1)c1cc(F)ccc1F. The highest BCUT2D eigenvalue weighted by Gasteiger charge is 2.41. The van der Waals surface area contributed by atoms with Gasteiger partial charge in [0, 0.05) is 5.33 Å². The van der Waals surface area contributed by atoms with E-state index in [9.17, 15) is 17.2 Å². The maximum absolute atomic E-state index is 13.5. The van der Waals surface area contributed by atoms with E-state index in [1.165, 1.54) is 0 Å². The highest BCUT2D eigenvalue weighted by atomic mass is 79.9. The van der Waals surface area contributed by atoms with E-state index in [4.69, 9.17) is 0 Å². The number of hydrogen-bond acceptors (Lipinski definition) is 2. The van der Waals surface area contributed by atoms with Gasteiger partial charge in [0.05, 0.1) is 5.75 Å². The van der Waals surface area contributed by atoms with Crippen LogP contribution < -0.4 is 0 Å². The molecule has 0 heterocycles. The predicted molar refractivity (Wildman–Crippen MR) is 68.5 cm³/mol. The molecule has 0 aliphatic heterocycles. The lowest BCUT2D eigenvalue weighted by Gasteiger charge is -2.40. The summed E-state index contributed by atoms with van der Waals surface area (Å²) in [5, 5.41) is 0.566. The van der Waals surface area contributed by atoms with E-state index >= 15 is 0 Å². The minimum absolute atomic E-state index is 0.133. The van der Waals surface area contributed by atoms with Crippen molar-refractivity contribution in [3.63, 3.8) is 0 Å². The Balaban J connectivity index is 2.33. The normalized spacial score (nSPS) is 18.4. The van der Waals surface area contributed by atoms with Crippen molar-refractivity contribution in [2.75, 3.05) is 11.1 Å². The molecule has 0 N–H and O–H groups in total. The molecule has 18 heavy (non-hydrogen) atoms. The quantitative estimate of drug-likeness (QED) is 0.789. The van der Waals surface area contributed by atoms with E-state index in [0.717, 1.165) is 37.5 Å². The highest BCUT2D eigenvalue weighted by molar-refractivity contribution is 9.09. The second-order valence-electron chi connectivity index (χ2n) is 4.82. The fourth-order valence-corrected chi connectivity index (χ4v) is 5.22. The van der Waals surface area contributed by atoms with Crippen LogP contribution in [-0.2, 0) is 9.84 Å². The molecular weight excluding hydrogens is 326 g/mol. The number of sulfone groups is 1. The summed E-state index contributed by atoms with van der Waals surface area (Å²) in [4.78, 5) is -0.533. The zero-order valence-corrected chi connectivity index (χ0v) is 12.0. The average Bonchev–Trinajstić information content (AvgIpc) is 2.27. The second kappa shape index (κ2) is 4.89. The molecule has 1 aromatic carbocycles. The van der Waals surface area contributed by atoms with E-state index in [1.54, 1.807) is 0 Å². The lowest BCUT2D eigenvalue weighted by Crippen LogP contribution is -2.38. The minimum atomic E-state index is -3.79. The molecule has 0 saturated heterocycles. The van der Waals surface area contributed by atoms with Crippen LogP contribution in [0.25, 0.3) is 0 Å². The smallest absolute Gasteiger partial charge is 0.181 e. The highest BCUT2D eigenvalue weighted by Crippen LogP contribution is 2.44. The van der Waals surface area contributed by atoms with E-state index in [2.05, 4.69) is 15.9 Å². The Labute approximate surface area is 113 Å². The topological polar surface area (TPSA) is 34.1 Å². The molecule has 6 heteroatoms. The van der Waals surface area contributed by atoms with E-state index in [0.29, 0.717) is 5.33 Å².